The Morgan fingerprint density at radius 1 is 1.67 bits per heavy atom. The Kier molecular flexibility index (Phi) is 3.84. The van der Waals surface area contributed by atoms with Gasteiger partial charge in [-0.05, 0) is 5.92 Å². The van der Waals surface area contributed by atoms with Crippen LogP contribution in [-0.2, 0) is 0 Å². The Balaban J connectivity index is 2.37. The quantitative estimate of drug-likeness (QED) is 0.748. The number of nitrogens with two attached hydrogens (primary N) is 1. The van der Waals surface area contributed by atoms with Crippen LogP contribution in [0.4, 0.5) is 0 Å². The van der Waals surface area contributed by atoms with Crippen molar-refractivity contribution in [1.29, 1.82) is 0 Å². The molecule has 4 heteroatoms. The molecule has 0 radical (unpaired) electrons. The molecule has 2 unspecified atom stereocenters. The predicted molar refractivity (Wildman–Crippen MR) is 53.4 cm³/mol. The van der Waals surface area contributed by atoms with E-state index in [1.807, 2.05) is 0 Å². The standard InChI is InChI=1S/C8H14Cl2N2/c1-6-3-12(5-8(6)11)4-7(10)2-9/h2,6,8H,3-5,11H2,1H3/b7-2-. The summed E-state index contributed by atoms with van der Waals surface area (Å²) in [5.41, 5.74) is 7.26. The van der Waals surface area contributed by atoms with Crippen molar-refractivity contribution < 1.29 is 0 Å². The van der Waals surface area contributed by atoms with E-state index in [0.717, 1.165) is 19.6 Å². The molecule has 1 fully saturated rings. The summed E-state index contributed by atoms with van der Waals surface area (Å²) in [6.07, 6.45) is 0. The van der Waals surface area contributed by atoms with Gasteiger partial charge in [0.05, 0.1) is 0 Å². The van der Waals surface area contributed by atoms with Crippen molar-refractivity contribution in [3.63, 3.8) is 0 Å². The van der Waals surface area contributed by atoms with Gasteiger partial charge in [-0.25, -0.2) is 0 Å². The van der Waals surface area contributed by atoms with Crippen molar-refractivity contribution >= 4 is 23.2 Å². The van der Waals surface area contributed by atoms with Gasteiger partial charge in [0.1, 0.15) is 0 Å². The van der Waals surface area contributed by atoms with E-state index < -0.39 is 0 Å². The summed E-state index contributed by atoms with van der Waals surface area (Å²) in [4.78, 5) is 2.22. The van der Waals surface area contributed by atoms with Gasteiger partial charge in [-0.1, -0.05) is 30.1 Å². The number of hydrogen-bond donors (Lipinski definition) is 1. The second kappa shape index (κ2) is 4.47. The summed E-state index contributed by atoms with van der Waals surface area (Å²) in [7, 11) is 0. The number of hydrogen-bond acceptors (Lipinski definition) is 2. The first-order valence-electron chi connectivity index (χ1n) is 4.06. The molecule has 1 rings (SSSR count). The van der Waals surface area contributed by atoms with Gasteiger partial charge < -0.3 is 5.73 Å². The van der Waals surface area contributed by atoms with Crippen LogP contribution in [0.3, 0.4) is 0 Å². The van der Waals surface area contributed by atoms with E-state index in [-0.39, 0.29) is 6.04 Å². The van der Waals surface area contributed by atoms with E-state index in [4.69, 9.17) is 28.9 Å². The van der Waals surface area contributed by atoms with Gasteiger partial charge in [0.2, 0.25) is 0 Å². The molecule has 0 aromatic heterocycles. The Morgan fingerprint density at radius 2 is 2.33 bits per heavy atom. The molecule has 2 atom stereocenters. The number of rotatable bonds is 2. The average Bonchev–Trinajstić information content (AvgIpc) is 2.31. The lowest BCUT2D eigenvalue weighted by atomic mass is 10.1. The molecule has 1 aliphatic heterocycles. The maximum absolute atomic E-state index is 5.85. The summed E-state index contributed by atoms with van der Waals surface area (Å²) in [6, 6.07) is 0.282. The molecule has 12 heavy (non-hydrogen) atoms. The first-order valence-corrected chi connectivity index (χ1v) is 4.87. The van der Waals surface area contributed by atoms with E-state index in [2.05, 4.69) is 11.8 Å². The molecule has 1 heterocycles. The lowest BCUT2D eigenvalue weighted by Gasteiger charge is -2.13. The van der Waals surface area contributed by atoms with Crippen molar-refractivity contribution in [3.8, 4) is 0 Å². The third kappa shape index (κ3) is 2.63. The minimum absolute atomic E-state index is 0.282. The van der Waals surface area contributed by atoms with Gasteiger partial charge in [0.25, 0.3) is 0 Å². The van der Waals surface area contributed by atoms with Crippen LogP contribution < -0.4 is 5.73 Å². The zero-order valence-corrected chi connectivity index (χ0v) is 8.65. The molecule has 0 saturated carbocycles. The maximum atomic E-state index is 5.85. The normalized spacial score (nSPS) is 32.8. The Hall–Kier alpha value is 0.240. The lowest BCUT2D eigenvalue weighted by molar-refractivity contribution is 0.360. The minimum atomic E-state index is 0.282. The van der Waals surface area contributed by atoms with E-state index in [0.29, 0.717) is 11.0 Å². The Bertz CT molecular complexity index is 172. The van der Waals surface area contributed by atoms with Crippen LogP contribution in [0.2, 0.25) is 0 Å². The number of nitrogens with zero attached hydrogens (tertiary/aromatic N) is 1. The largest absolute Gasteiger partial charge is 0.326 e. The summed E-state index contributed by atoms with van der Waals surface area (Å²) in [5, 5.41) is 0.679. The third-order valence-electron chi connectivity index (χ3n) is 2.24. The first-order chi connectivity index (χ1) is 5.63. The molecule has 1 saturated heterocycles. The predicted octanol–water partition coefficient (Wildman–Crippen LogP) is 1.58. The molecule has 70 valence electrons. The van der Waals surface area contributed by atoms with E-state index >= 15 is 0 Å². The second-order valence-electron chi connectivity index (χ2n) is 3.39. The van der Waals surface area contributed by atoms with Gasteiger partial charge in [0.15, 0.2) is 0 Å². The molecule has 0 aliphatic carbocycles. The van der Waals surface area contributed by atoms with Gasteiger partial charge >= 0.3 is 0 Å². The fourth-order valence-corrected chi connectivity index (χ4v) is 1.71. The first kappa shape index (κ1) is 10.3. The Morgan fingerprint density at radius 3 is 2.75 bits per heavy atom. The SMILES string of the molecule is CC1CN(C/C(Cl)=C/Cl)CC1N. The fraction of sp³-hybridized carbons (Fsp3) is 0.750. The van der Waals surface area contributed by atoms with Crippen LogP contribution in [0.5, 0.6) is 0 Å². The number of likely N-dealkylation sites (tertiary alicyclic amines) is 1. The molecule has 2 N–H and O–H groups in total. The minimum Gasteiger partial charge on any atom is -0.326 e. The van der Waals surface area contributed by atoms with Crippen LogP contribution in [0, 0.1) is 5.92 Å². The van der Waals surface area contributed by atoms with Gasteiger partial charge in [-0.15, -0.1) is 0 Å². The van der Waals surface area contributed by atoms with Crippen LogP contribution in [0.15, 0.2) is 10.6 Å². The van der Waals surface area contributed by atoms with Crippen LogP contribution in [0.25, 0.3) is 0 Å². The molecular formula is C8H14Cl2N2. The van der Waals surface area contributed by atoms with Crippen molar-refractivity contribution in [3.05, 3.63) is 10.6 Å². The van der Waals surface area contributed by atoms with Gasteiger partial charge in [0, 0.05) is 36.2 Å². The van der Waals surface area contributed by atoms with Crippen molar-refractivity contribution in [1.82, 2.24) is 4.90 Å². The van der Waals surface area contributed by atoms with E-state index in [1.165, 1.54) is 5.54 Å². The van der Waals surface area contributed by atoms with Gasteiger partial charge in [-0.3, -0.25) is 4.90 Å². The average molecular weight is 209 g/mol. The van der Waals surface area contributed by atoms with Gasteiger partial charge in [-0.2, -0.15) is 0 Å². The zero-order chi connectivity index (χ0) is 9.14. The summed E-state index contributed by atoms with van der Waals surface area (Å²) < 4.78 is 0. The Labute approximate surface area is 83.3 Å². The molecule has 2 nitrogen and oxygen atoms in total. The van der Waals surface area contributed by atoms with Crippen LogP contribution in [0.1, 0.15) is 6.92 Å². The molecule has 1 aliphatic rings. The zero-order valence-electron chi connectivity index (χ0n) is 7.13. The maximum Gasteiger partial charge on any atom is 0.0434 e. The van der Waals surface area contributed by atoms with Crippen molar-refractivity contribution in [2.24, 2.45) is 11.7 Å². The van der Waals surface area contributed by atoms with Crippen molar-refractivity contribution in [2.75, 3.05) is 19.6 Å². The van der Waals surface area contributed by atoms with Crippen molar-refractivity contribution in [2.45, 2.75) is 13.0 Å². The highest BCUT2D eigenvalue weighted by Gasteiger charge is 2.26. The van der Waals surface area contributed by atoms with E-state index in [1.54, 1.807) is 0 Å². The monoisotopic (exact) mass is 208 g/mol. The van der Waals surface area contributed by atoms with Crippen LogP contribution >= 0.6 is 23.2 Å². The topological polar surface area (TPSA) is 29.3 Å². The highest BCUT2D eigenvalue weighted by molar-refractivity contribution is 6.36. The molecular weight excluding hydrogens is 195 g/mol. The summed E-state index contributed by atoms with van der Waals surface area (Å²) in [5.74, 6) is 0.560. The molecule has 0 aromatic rings. The summed E-state index contributed by atoms with van der Waals surface area (Å²) >= 11 is 11.2. The highest BCUT2D eigenvalue weighted by Crippen LogP contribution is 2.17. The van der Waals surface area contributed by atoms with Crippen LogP contribution in [-0.4, -0.2) is 30.6 Å². The second-order valence-corrected chi connectivity index (χ2v) is 4.09. The highest BCUT2D eigenvalue weighted by atomic mass is 35.5. The molecule has 0 aromatic carbocycles. The molecule has 0 amide bonds. The lowest BCUT2D eigenvalue weighted by Crippen LogP contribution is -2.29. The molecule has 0 bridgehead atoms. The fourth-order valence-electron chi connectivity index (χ4n) is 1.47. The summed E-state index contributed by atoms with van der Waals surface area (Å²) in [6.45, 7) is 4.82. The third-order valence-corrected chi connectivity index (χ3v) is 2.84. The number of halogens is 2. The molecule has 0 spiro atoms. The smallest absolute Gasteiger partial charge is 0.0434 e. The van der Waals surface area contributed by atoms with E-state index in [9.17, 15) is 0 Å².